The van der Waals surface area contributed by atoms with Crippen molar-refractivity contribution >= 4 is 35.0 Å². The standard InChI is InChI=1S/C26H22N2O4/c1-15-5-6-19(13-16(15)2)20-7-12-23-24(14-20)26(32)28(25(23)31)22-10-8-21(9-11-22)27(17(3)29)18(4)30/h5-14H,1-4H3. The number of hydrogen-bond acceptors (Lipinski definition) is 4. The zero-order valence-corrected chi connectivity index (χ0v) is 18.3. The van der Waals surface area contributed by atoms with Crippen molar-refractivity contribution in [3.63, 3.8) is 0 Å². The van der Waals surface area contributed by atoms with Gasteiger partial charge in [0.2, 0.25) is 11.8 Å². The van der Waals surface area contributed by atoms with Crippen LogP contribution in [0.1, 0.15) is 45.7 Å². The largest absolute Gasteiger partial charge is 0.274 e. The fourth-order valence-electron chi connectivity index (χ4n) is 3.91. The van der Waals surface area contributed by atoms with Crippen molar-refractivity contribution in [3.05, 3.63) is 82.9 Å². The molecule has 1 aliphatic heterocycles. The third-order valence-electron chi connectivity index (χ3n) is 5.72. The number of aryl methyl sites for hydroxylation is 2. The van der Waals surface area contributed by atoms with Gasteiger partial charge in [0.25, 0.3) is 11.8 Å². The van der Waals surface area contributed by atoms with Crippen molar-refractivity contribution < 1.29 is 19.2 Å². The highest BCUT2D eigenvalue weighted by atomic mass is 16.2. The molecule has 4 rings (SSSR count). The van der Waals surface area contributed by atoms with Gasteiger partial charge in [0.1, 0.15) is 0 Å². The lowest BCUT2D eigenvalue weighted by atomic mass is 9.97. The van der Waals surface area contributed by atoms with Gasteiger partial charge in [0.05, 0.1) is 22.5 Å². The first-order valence-corrected chi connectivity index (χ1v) is 10.2. The second-order valence-electron chi connectivity index (χ2n) is 7.89. The third kappa shape index (κ3) is 3.50. The van der Waals surface area contributed by atoms with E-state index in [0.29, 0.717) is 22.5 Å². The number of fused-ring (bicyclic) bond motifs is 1. The zero-order chi connectivity index (χ0) is 23.2. The highest BCUT2D eigenvalue weighted by molar-refractivity contribution is 6.34. The van der Waals surface area contributed by atoms with Crippen LogP contribution in [-0.2, 0) is 9.59 Å². The number of carbonyl (C=O) groups is 4. The molecule has 0 saturated carbocycles. The molecule has 160 valence electrons. The Morgan fingerprint density at radius 1 is 0.688 bits per heavy atom. The predicted octanol–water partition coefficient (Wildman–Crippen LogP) is 4.67. The first kappa shape index (κ1) is 21.2. The molecule has 6 nitrogen and oxygen atoms in total. The lowest BCUT2D eigenvalue weighted by molar-refractivity contribution is -0.124. The number of amides is 4. The molecule has 0 aromatic heterocycles. The van der Waals surface area contributed by atoms with Gasteiger partial charge in [-0.3, -0.25) is 24.1 Å². The first-order valence-electron chi connectivity index (χ1n) is 10.2. The quantitative estimate of drug-likeness (QED) is 0.571. The summed E-state index contributed by atoms with van der Waals surface area (Å²) in [5.41, 5.74) is 5.63. The van der Waals surface area contributed by atoms with Gasteiger partial charge in [-0.2, -0.15) is 0 Å². The molecular weight excluding hydrogens is 404 g/mol. The van der Waals surface area contributed by atoms with Gasteiger partial charge >= 0.3 is 0 Å². The van der Waals surface area contributed by atoms with Crippen LogP contribution in [0.25, 0.3) is 11.1 Å². The van der Waals surface area contributed by atoms with E-state index in [-0.39, 0.29) is 0 Å². The van der Waals surface area contributed by atoms with Crippen molar-refractivity contribution in [1.29, 1.82) is 0 Å². The number of anilines is 2. The van der Waals surface area contributed by atoms with Gasteiger partial charge in [0, 0.05) is 13.8 Å². The molecule has 0 fully saturated rings. The number of hydrogen-bond donors (Lipinski definition) is 0. The molecule has 0 saturated heterocycles. The molecule has 0 spiro atoms. The average molecular weight is 426 g/mol. The molecule has 1 aliphatic rings. The molecule has 0 unspecified atom stereocenters. The summed E-state index contributed by atoms with van der Waals surface area (Å²) in [7, 11) is 0. The monoisotopic (exact) mass is 426 g/mol. The summed E-state index contributed by atoms with van der Waals surface area (Å²) in [5, 5.41) is 0. The van der Waals surface area contributed by atoms with Crippen LogP contribution < -0.4 is 9.80 Å². The summed E-state index contributed by atoms with van der Waals surface area (Å²) in [5.74, 6) is -1.63. The SMILES string of the molecule is CC(=O)N(C(C)=O)c1ccc(N2C(=O)c3ccc(-c4ccc(C)c(C)c4)cc3C2=O)cc1. The van der Waals surface area contributed by atoms with Crippen molar-refractivity contribution in [2.24, 2.45) is 0 Å². The maximum Gasteiger partial charge on any atom is 0.266 e. The van der Waals surface area contributed by atoms with E-state index in [9.17, 15) is 19.2 Å². The molecule has 1 heterocycles. The Labute approximate surface area is 186 Å². The topological polar surface area (TPSA) is 74.8 Å². The van der Waals surface area contributed by atoms with Crippen LogP contribution in [0, 0.1) is 13.8 Å². The van der Waals surface area contributed by atoms with Gasteiger partial charge in [-0.15, -0.1) is 0 Å². The summed E-state index contributed by atoms with van der Waals surface area (Å²) in [6.07, 6.45) is 0. The number of carbonyl (C=O) groups excluding carboxylic acids is 4. The van der Waals surface area contributed by atoms with Gasteiger partial charge < -0.3 is 0 Å². The van der Waals surface area contributed by atoms with E-state index in [4.69, 9.17) is 0 Å². The Bertz CT molecular complexity index is 1280. The second kappa shape index (κ2) is 7.89. The Hall–Kier alpha value is -4.06. The van der Waals surface area contributed by atoms with E-state index < -0.39 is 23.6 Å². The molecule has 4 amide bonds. The van der Waals surface area contributed by atoms with Crippen molar-refractivity contribution in [2.45, 2.75) is 27.7 Å². The van der Waals surface area contributed by atoms with Gasteiger partial charge in [-0.1, -0.05) is 24.3 Å². The molecule has 3 aromatic carbocycles. The second-order valence-corrected chi connectivity index (χ2v) is 7.89. The van der Waals surface area contributed by atoms with Gasteiger partial charge in [-0.25, -0.2) is 4.90 Å². The maximum atomic E-state index is 13.1. The minimum absolute atomic E-state index is 0.348. The lowest BCUT2D eigenvalue weighted by Crippen LogP contribution is -2.33. The molecule has 0 atom stereocenters. The molecule has 32 heavy (non-hydrogen) atoms. The van der Waals surface area contributed by atoms with Gasteiger partial charge in [0.15, 0.2) is 0 Å². The fraction of sp³-hybridized carbons (Fsp3) is 0.154. The summed E-state index contributed by atoms with van der Waals surface area (Å²) in [6.45, 7) is 6.67. The van der Waals surface area contributed by atoms with Gasteiger partial charge in [-0.05, 0) is 72.5 Å². The third-order valence-corrected chi connectivity index (χ3v) is 5.72. The number of nitrogens with zero attached hydrogens (tertiary/aromatic N) is 2. The zero-order valence-electron chi connectivity index (χ0n) is 18.3. The van der Waals surface area contributed by atoms with E-state index >= 15 is 0 Å². The van der Waals surface area contributed by atoms with E-state index in [0.717, 1.165) is 26.5 Å². The van der Waals surface area contributed by atoms with Crippen LogP contribution in [-0.4, -0.2) is 23.6 Å². The summed E-state index contributed by atoms with van der Waals surface area (Å²) < 4.78 is 0. The van der Waals surface area contributed by atoms with Crippen molar-refractivity contribution in [1.82, 2.24) is 0 Å². The minimum atomic E-state index is -0.412. The number of imide groups is 2. The predicted molar refractivity (Wildman–Crippen MR) is 123 cm³/mol. The Morgan fingerprint density at radius 3 is 1.84 bits per heavy atom. The molecule has 0 aliphatic carbocycles. The van der Waals surface area contributed by atoms with E-state index in [1.54, 1.807) is 36.4 Å². The lowest BCUT2D eigenvalue weighted by Gasteiger charge is -2.19. The highest BCUT2D eigenvalue weighted by Gasteiger charge is 2.37. The smallest absolute Gasteiger partial charge is 0.266 e. The van der Waals surface area contributed by atoms with Crippen molar-refractivity contribution in [2.75, 3.05) is 9.80 Å². The normalized spacial score (nSPS) is 12.7. The maximum absolute atomic E-state index is 13.1. The Kier molecular flexibility index (Phi) is 5.22. The van der Waals surface area contributed by atoms with Crippen LogP contribution in [0.15, 0.2) is 60.7 Å². The fourth-order valence-corrected chi connectivity index (χ4v) is 3.91. The highest BCUT2D eigenvalue weighted by Crippen LogP contribution is 2.33. The van der Waals surface area contributed by atoms with Crippen LogP contribution >= 0.6 is 0 Å². The molecule has 0 N–H and O–H groups in total. The summed E-state index contributed by atoms with van der Waals surface area (Å²) in [6, 6.07) is 17.6. The Balaban J connectivity index is 1.67. The van der Waals surface area contributed by atoms with E-state index in [1.165, 1.54) is 19.4 Å². The summed E-state index contributed by atoms with van der Waals surface area (Å²) in [4.78, 5) is 51.8. The van der Waals surface area contributed by atoms with E-state index in [1.807, 2.05) is 32.0 Å². The summed E-state index contributed by atoms with van der Waals surface area (Å²) >= 11 is 0. The van der Waals surface area contributed by atoms with Crippen LogP contribution in [0.5, 0.6) is 0 Å². The van der Waals surface area contributed by atoms with Crippen molar-refractivity contribution in [3.8, 4) is 11.1 Å². The molecule has 3 aromatic rings. The molecule has 6 heteroatoms. The molecule has 0 radical (unpaired) electrons. The number of benzene rings is 3. The number of rotatable bonds is 3. The molecule has 0 bridgehead atoms. The van der Waals surface area contributed by atoms with Crippen LogP contribution in [0.4, 0.5) is 11.4 Å². The van der Waals surface area contributed by atoms with E-state index in [2.05, 4.69) is 6.07 Å². The minimum Gasteiger partial charge on any atom is -0.274 e. The average Bonchev–Trinajstić information content (AvgIpc) is 3.00. The Morgan fingerprint density at radius 2 is 1.25 bits per heavy atom. The van der Waals surface area contributed by atoms with Crippen LogP contribution in [0.3, 0.4) is 0 Å². The van der Waals surface area contributed by atoms with Crippen LogP contribution in [0.2, 0.25) is 0 Å². The first-order chi connectivity index (χ1) is 15.2. The molecular formula is C26H22N2O4.